The first-order chi connectivity index (χ1) is 18.0. The van der Waals surface area contributed by atoms with Crippen LogP contribution in [-0.4, -0.2) is 64.0 Å². The van der Waals surface area contributed by atoms with Gasteiger partial charge < -0.3 is 20.2 Å². The lowest BCUT2D eigenvalue weighted by Gasteiger charge is -2.47. The summed E-state index contributed by atoms with van der Waals surface area (Å²) < 4.78 is 0. The van der Waals surface area contributed by atoms with Gasteiger partial charge in [0.25, 0.3) is 0 Å². The van der Waals surface area contributed by atoms with Gasteiger partial charge >= 0.3 is 0 Å². The number of piperidine rings is 1. The Labute approximate surface area is 235 Å². The number of aliphatic hydroxyl groups is 1. The number of hydrogen-bond donors (Lipinski definition) is 3. The highest BCUT2D eigenvalue weighted by Crippen LogP contribution is 2.35. The van der Waals surface area contributed by atoms with Crippen LogP contribution in [-0.2, 0) is 0 Å². The normalized spacial score (nSPS) is 19.5. The molecule has 3 heterocycles. The Morgan fingerprint density at radius 1 is 1.29 bits per heavy atom. The standard InChI is InChI=1S/C28H37Cl2N7O/c1-18(22-8-7-21(29)12-23(22)30)34-27-26(24(32)13-31)33-14-25(35-27)37-16-20(17-37)19-6-4-10-36(15-19)11-5-9-28(2,3)38/h7-8,12,14,18-20,32,38H,4-6,9-11,15-17H2,1-3H3,(H,34,35). The second-order valence-electron chi connectivity index (χ2n) is 11.2. The molecule has 2 unspecified atom stereocenters. The van der Waals surface area contributed by atoms with E-state index in [9.17, 15) is 10.4 Å². The number of benzene rings is 1. The number of nitriles is 1. The van der Waals surface area contributed by atoms with Crippen molar-refractivity contribution in [1.29, 1.82) is 10.7 Å². The van der Waals surface area contributed by atoms with Crippen LogP contribution in [0.2, 0.25) is 10.0 Å². The average Bonchev–Trinajstić information content (AvgIpc) is 2.82. The number of rotatable bonds is 10. The van der Waals surface area contributed by atoms with Gasteiger partial charge in [-0.1, -0.05) is 29.3 Å². The van der Waals surface area contributed by atoms with Gasteiger partial charge in [0, 0.05) is 29.7 Å². The lowest BCUT2D eigenvalue weighted by molar-refractivity contribution is 0.0594. The number of anilines is 2. The van der Waals surface area contributed by atoms with Crippen molar-refractivity contribution < 1.29 is 5.11 Å². The quantitative estimate of drug-likeness (QED) is 0.328. The zero-order valence-electron chi connectivity index (χ0n) is 22.3. The summed E-state index contributed by atoms with van der Waals surface area (Å²) in [6.07, 6.45) is 5.96. The highest BCUT2D eigenvalue weighted by molar-refractivity contribution is 6.35. The predicted molar refractivity (Wildman–Crippen MR) is 153 cm³/mol. The van der Waals surface area contributed by atoms with Crippen LogP contribution in [0, 0.1) is 28.6 Å². The van der Waals surface area contributed by atoms with Crippen LogP contribution >= 0.6 is 23.2 Å². The number of nitrogens with zero attached hydrogens (tertiary/aromatic N) is 5. The van der Waals surface area contributed by atoms with Gasteiger partial charge in [-0.2, -0.15) is 5.26 Å². The van der Waals surface area contributed by atoms with E-state index in [2.05, 4.69) is 20.1 Å². The van der Waals surface area contributed by atoms with Gasteiger partial charge in [-0.15, -0.1) is 0 Å². The third-order valence-electron chi connectivity index (χ3n) is 7.60. The lowest BCUT2D eigenvalue weighted by atomic mass is 9.80. The molecule has 2 aliphatic heterocycles. The summed E-state index contributed by atoms with van der Waals surface area (Å²) >= 11 is 12.5. The topological polar surface area (TPSA) is 112 Å². The van der Waals surface area contributed by atoms with E-state index in [1.165, 1.54) is 12.8 Å². The number of likely N-dealkylation sites (tertiary alicyclic amines) is 1. The molecule has 10 heteroatoms. The minimum atomic E-state index is -0.599. The third-order valence-corrected chi connectivity index (χ3v) is 8.16. The first-order valence-corrected chi connectivity index (χ1v) is 14.1. The molecule has 204 valence electrons. The maximum atomic E-state index is 10.0. The molecule has 2 atom stereocenters. The summed E-state index contributed by atoms with van der Waals surface area (Å²) in [7, 11) is 0. The van der Waals surface area contributed by atoms with Gasteiger partial charge in [0.2, 0.25) is 0 Å². The molecule has 2 aromatic rings. The molecule has 2 saturated heterocycles. The van der Waals surface area contributed by atoms with Gasteiger partial charge in [-0.3, -0.25) is 5.41 Å². The molecule has 3 N–H and O–H groups in total. The Balaban J connectivity index is 1.40. The molecule has 0 radical (unpaired) electrons. The van der Waals surface area contributed by atoms with E-state index >= 15 is 0 Å². The van der Waals surface area contributed by atoms with Gasteiger partial charge in [0.05, 0.1) is 17.8 Å². The van der Waals surface area contributed by atoms with Gasteiger partial charge in [0.1, 0.15) is 17.6 Å². The average molecular weight is 559 g/mol. The van der Waals surface area contributed by atoms with Crippen LogP contribution in [0.4, 0.5) is 11.6 Å². The van der Waals surface area contributed by atoms with E-state index in [4.69, 9.17) is 33.6 Å². The van der Waals surface area contributed by atoms with Crippen molar-refractivity contribution >= 4 is 40.5 Å². The van der Waals surface area contributed by atoms with Crippen molar-refractivity contribution in [1.82, 2.24) is 14.9 Å². The molecule has 0 spiro atoms. The van der Waals surface area contributed by atoms with Gasteiger partial charge in [-0.25, -0.2) is 9.97 Å². The fourth-order valence-electron chi connectivity index (χ4n) is 5.42. The second kappa shape index (κ2) is 12.2. The predicted octanol–water partition coefficient (Wildman–Crippen LogP) is 5.55. The van der Waals surface area contributed by atoms with Gasteiger partial charge in [-0.05, 0) is 89.1 Å². The van der Waals surface area contributed by atoms with Crippen LogP contribution < -0.4 is 10.2 Å². The summed E-state index contributed by atoms with van der Waals surface area (Å²) in [6.45, 7) is 10.8. The molecule has 4 rings (SSSR count). The van der Waals surface area contributed by atoms with Crippen molar-refractivity contribution in [2.24, 2.45) is 11.8 Å². The van der Waals surface area contributed by atoms with E-state index in [-0.39, 0.29) is 17.4 Å². The Bertz CT molecular complexity index is 1190. The smallest absolute Gasteiger partial charge is 0.161 e. The van der Waals surface area contributed by atoms with E-state index in [1.54, 1.807) is 18.3 Å². The second-order valence-corrected chi connectivity index (χ2v) is 12.1. The molecule has 2 aliphatic rings. The molecule has 8 nitrogen and oxygen atoms in total. The molecule has 0 amide bonds. The van der Waals surface area contributed by atoms with Crippen LogP contribution in [0.3, 0.4) is 0 Å². The third kappa shape index (κ3) is 7.15. The molecular formula is C28H37Cl2N7O. The summed E-state index contributed by atoms with van der Waals surface area (Å²) in [5, 5.41) is 31.8. The highest BCUT2D eigenvalue weighted by atomic mass is 35.5. The van der Waals surface area contributed by atoms with Crippen molar-refractivity contribution in [3.8, 4) is 6.07 Å². The summed E-state index contributed by atoms with van der Waals surface area (Å²) in [6, 6.07) is 6.96. The van der Waals surface area contributed by atoms with E-state index in [0.717, 1.165) is 56.9 Å². The minimum absolute atomic E-state index is 0.222. The van der Waals surface area contributed by atoms with E-state index in [1.807, 2.05) is 32.9 Å². The maximum Gasteiger partial charge on any atom is 0.161 e. The monoisotopic (exact) mass is 557 g/mol. The van der Waals surface area contributed by atoms with Crippen LogP contribution in [0.25, 0.3) is 0 Å². The van der Waals surface area contributed by atoms with Crippen molar-refractivity contribution in [3.63, 3.8) is 0 Å². The highest BCUT2D eigenvalue weighted by Gasteiger charge is 2.36. The molecule has 0 bridgehead atoms. The molecule has 0 saturated carbocycles. The maximum absolute atomic E-state index is 10.0. The summed E-state index contributed by atoms with van der Waals surface area (Å²) in [4.78, 5) is 14.0. The van der Waals surface area contributed by atoms with Crippen molar-refractivity contribution in [2.45, 2.75) is 58.1 Å². The Kier molecular flexibility index (Phi) is 9.15. The fourth-order valence-corrected chi connectivity index (χ4v) is 5.99. The Morgan fingerprint density at radius 2 is 2.05 bits per heavy atom. The zero-order chi connectivity index (χ0) is 27.4. The summed E-state index contributed by atoms with van der Waals surface area (Å²) in [5.41, 5.74) is 0.220. The van der Waals surface area contributed by atoms with E-state index in [0.29, 0.717) is 27.7 Å². The first kappa shape index (κ1) is 28.6. The van der Waals surface area contributed by atoms with Gasteiger partial charge in [0.15, 0.2) is 11.5 Å². The fraction of sp³-hybridized carbons (Fsp3) is 0.571. The molecule has 38 heavy (non-hydrogen) atoms. The first-order valence-electron chi connectivity index (χ1n) is 13.3. The molecule has 0 aliphatic carbocycles. The number of hydrogen-bond acceptors (Lipinski definition) is 8. The molecule has 2 fully saturated rings. The van der Waals surface area contributed by atoms with Crippen LogP contribution in [0.15, 0.2) is 24.4 Å². The molecular weight excluding hydrogens is 521 g/mol. The minimum Gasteiger partial charge on any atom is -0.390 e. The zero-order valence-corrected chi connectivity index (χ0v) is 23.9. The van der Waals surface area contributed by atoms with E-state index < -0.39 is 5.60 Å². The lowest BCUT2D eigenvalue weighted by Crippen LogP contribution is -2.54. The number of halogens is 2. The van der Waals surface area contributed by atoms with Crippen LogP contribution in [0.1, 0.15) is 63.8 Å². The SMILES string of the molecule is CC(Nc1nc(N2CC(C3CCCN(CCCC(C)(C)O)C3)C2)cnc1C(=N)C#N)c1ccc(Cl)cc1Cl. The van der Waals surface area contributed by atoms with Crippen molar-refractivity contribution in [2.75, 3.05) is 42.9 Å². The van der Waals surface area contributed by atoms with Crippen LogP contribution in [0.5, 0.6) is 0 Å². The number of aromatic nitrogens is 2. The molecule has 1 aromatic heterocycles. The van der Waals surface area contributed by atoms with Crippen molar-refractivity contribution in [3.05, 3.63) is 45.7 Å². The Morgan fingerprint density at radius 3 is 2.74 bits per heavy atom. The molecule has 1 aromatic carbocycles. The number of nitrogens with one attached hydrogen (secondary N) is 2. The Hall–Kier alpha value is -2.44. The largest absolute Gasteiger partial charge is 0.390 e. The summed E-state index contributed by atoms with van der Waals surface area (Å²) in [5.74, 6) is 2.40.